The van der Waals surface area contributed by atoms with E-state index in [1.54, 1.807) is 0 Å². The van der Waals surface area contributed by atoms with Crippen molar-refractivity contribution in [2.24, 2.45) is 0 Å². The first-order chi connectivity index (χ1) is 8.52. The predicted molar refractivity (Wildman–Crippen MR) is 64.3 cm³/mol. The summed E-state index contributed by atoms with van der Waals surface area (Å²) in [7, 11) is 0. The zero-order chi connectivity index (χ0) is 13.3. The number of ketones is 1. The molecule has 1 aromatic heterocycles. The third-order valence-electron chi connectivity index (χ3n) is 2.16. The van der Waals surface area contributed by atoms with Crippen molar-refractivity contribution in [1.82, 2.24) is 9.97 Å². The highest BCUT2D eigenvalue weighted by Gasteiger charge is 2.14. The molecular weight excluding hydrogens is 306 g/mol. The van der Waals surface area contributed by atoms with E-state index in [1.165, 1.54) is 12.1 Å². The van der Waals surface area contributed by atoms with Crippen molar-refractivity contribution in [3.05, 3.63) is 38.6 Å². The number of fused-ring (bicyclic) bond motifs is 1. The minimum atomic E-state index is -0.797. The lowest BCUT2D eigenvalue weighted by Gasteiger charge is -2.01. The molecule has 0 aliphatic heterocycles. The van der Waals surface area contributed by atoms with Gasteiger partial charge in [0, 0.05) is 12.1 Å². The predicted octanol–water partition coefficient (Wildman–Crippen LogP) is 1.68. The Morgan fingerprint density at radius 1 is 1.44 bits per heavy atom. The molecule has 0 bridgehead atoms. The van der Waals surface area contributed by atoms with Crippen LogP contribution in [0.3, 0.4) is 0 Å². The number of non-ortho nitro benzene ring substituents is 1. The van der Waals surface area contributed by atoms with Crippen LogP contribution in [-0.4, -0.2) is 27.0 Å². The van der Waals surface area contributed by atoms with Gasteiger partial charge in [-0.3, -0.25) is 24.7 Å². The van der Waals surface area contributed by atoms with E-state index in [-0.39, 0.29) is 28.7 Å². The summed E-state index contributed by atoms with van der Waals surface area (Å²) in [5.74, 6) is -0.797. The number of aromatic nitrogens is 2. The lowest BCUT2D eigenvalue weighted by Crippen LogP contribution is -2.04. The first-order valence-electron chi connectivity index (χ1n) is 4.63. The molecule has 0 aliphatic rings. The normalized spacial score (nSPS) is 10.3. The van der Waals surface area contributed by atoms with Crippen LogP contribution in [0.1, 0.15) is 10.5 Å². The van der Waals surface area contributed by atoms with Crippen LogP contribution in [0.25, 0.3) is 11.0 Å². The smallest absolute Gasteiger partial charge is 0.272 e. The minimum absolute atomic E-state index is 0.105. The number of nitro benzene ring substituents is 1. The van der Waals surface area contributed by atoms with E-state index in [2.05, 4.69) is 25.9 Å². The molecule has 0 atom stereocenters. The molecule has 18 heavy (non-hydrogen) atoms. The van der Waals surface area contributed by atoms with Gasteiger partial charge < -0.3 is 0 Å². The van der Waals surface area contributed by atoms with Crippen LogP contribution in [0.15, 0.2) is 22.8 Å². The second-order valence-electron chi connectivity index (χ2n) is 3.29. The van der Waals surface area contributed by atoms with Crippen LogP contribution in [0.2, 0.25) is 0 Å². The largest absolute Gasteiger partial charge is 0.294 e. The Kier molecular flexibility index (Phi) is 3.11. The molecule has 0 amide bonds. The number of nitro groups is 1. The van der Waals surface area contributed by atoms with Crippen molar-refractivity contribution in [2.75, 3.05) is 0 Å². The zero-order valence-corrected chi connectivity index (χ0v) is 10.2. The number of carbonyl (C=O) groups is 2. The van der Waals surface area contributed by atoms with E-state index in [4.69, 9.17) is 0 Å². The maximum atomic E-state index is 11.1. The van der Waals surface area contributed by atoms with Crippen LogP contribution in [0, 0.1) is 10.1 Å². The molecule has 0 unspecified atom stereocenters. The summed E-state index contributed by atoms with van der Waals surface area (Å²) in [5, 5.41) is 10.7. The minimum Gasteiger partial charge on any atom is -0.294 e. The van der Waals surface area contributed by atoms with Gasteiger partial charge in [0.25, 0.3) is 5.69 Å². The fourth-order valence-electron chi connectivity index (χ4n) is 1.34. The van der Waals surface area contributed by atoms with Gasteiger partial charge in [0.05, 0.1) is 21.1 Å². The lowest BCUT2D eigenvalue weighted by atomic mass is 10.2. The van der Waals surface area contributed by atoms with Gasteiger partial charge in [0.2, 0.25) is 5.78 Å². The van der Waals surface area contributed by atoms with Crippen molar-refractivity contribution < 1.29 is 14.5 Å². The van der Waals surface area contributed by atoms with E-state index in [1.807, 2.05) is 0 Å². The van der Waals surface area contributed by atoms with Gasteiger partial charge in [-0.2, -0.15) is 0 Å². The number of rotatable bonds is 3. The molecule has 0 N–H and O–H groups in total. The number of nitrogens with zero attached hydrogens (tertiary/aromatic N) is 3. The molecule has 2 aromatic rings. The first kappa shape index (κ1) is 12.2. The molecule has 2 rings (SSSR count). The van der Waals surface area contributed by atoms with Crippen molar-refractivity contribution >= 4 is 44.7 Å². The topological polar surface area (TPSA) is 103 Å². The van der Waals surface area contributed by atoms with Crippen LogP contribution < -0.4 is 0 Å². The van der Waals surface area contributed by atoms with Crippen molar-refractivity contribution in [3.8, 4) is 0 Å². The first-order valence-corrected chi connectivity index (χ1v) is 5.42. The van der Waals surface area contributed by atoms with E-state index >= 15 is 0 Å². The third kappa shape index (κ3) is 2.09. The summed E-state index contributed by atoms with van der Waals surface area (Å²) < 4.78 is 0.333. The van der Waals surface area contributed by atoms with Gasteiger partial charge >= 0.3 is 0 Å². The molecular formula is C10H4BrN3O4. The van der Waals surface area contributed by atoms with E-state index in [9.17, 15) is 19.7 Å². The van der Waals surface area contributed by atoms with Crippen molar-refractivity contribution in [3.63, 3.8) is 0 Å². The summed E-state index contributed by atoms with van der Waals surface area (Å²) in [4.78, 5) is 39.4. The van der Waals surface area contributed by atoms with Crippen LogP contribution >= 0.6 is 15.9 Å². The van der Waals surface area contributed by atoms with Gasteiger partial charge in [-0.1, -0.05) is 0 Å². The Balaban J connectivity index is 2.68. The number of Topliss-reactive ketones (excluding diaryl/α,β-unsaturated/α-hetero) is 1. The second-order valence-corrected chi connectivity index (χ2v) is 4.14. The Hall–Kier alpha value is -2.22. The zero-order valence-electron chi connectivity index (χ0n) is 8.66. The number of carbonyl (C=O) groups excluding carboxylic acids is 2. The highest BCUT2D eigenvalue weighted by Crippen LogP contribution is 2.26. The fraction of sp³-hybridized carbons (Fsp3) is 0. The Morgan fingerprint density at radius 3 is 2.78 bits per heavy atom. The van der Waals surface area contributed by atoms with Crippen molar-refractivity contribution in [2.45, 2.75) is 0 Å². The summed E-state index contributed by atoms with van der Waals surface area (Å²) >= 11 is 3.11. The molecule has 0 aliphatic carbocycles. The molecule has 7 nitrogen and oxygen atoms in total. The standard InChI is InChI=1S/C10H4BrN3O4/c11-6-1-5(14(17)18)2-7-10(6)13-8(3-12-7)9(16)4-15/h1-4H. The molecule has 0 spiro atoms. The van der Waals surface area contributed by atoms with Gasteiger partial charge in [-0.15, -0.1) is 0 Å². The Morgan fingerprint density at radius 2 is 2.17 bits per heavy atom. The average molecular weight is 310 g/mol. The molecule has 0 radical (unpaired) electrons. The SMILES string of the molecule is O=CC(=O)c1cnc2cc([N+](=O)[O-])cc(Br)c2n1. The van der Waals surface area contributed by atoms with Crippen LogP contribution in [-0.2, 0) is 4.79 Å². The van der Waals surface area contributed by atoms with Crippen molar-refractivity contribution in [1.29, 1.82) is 0 Å². The highest BCUT2D eigenvalue weighted by molar-refractivity contribution is 9.10. The van der Waals surface area contributed by atoms with Crippen LogP contribution in [0.5, 0.6) is 0 Å². The van der Waals surface area contributed by atoms with Gasteiger partial charge in [-0.05, 0) is 15.9 Å². The van der Waals surface area contributed by atoms with Crippen LogP contribution in [0.4, 0.5) is 5.69 Å². The van der Waals surface area contributed by atoms with E-state index in [0.717, 1.165) is 6.20 Å². The maximum absolute atomic E-state index is 11.1. The summed E-state index contributed by atoms with van der Waals surface area (Å²) in [5.41, 5.74) is 0.303. The quantitative estimate of drug-likeness (QED) is 0.281. The van der Waals surface area contributed by atoms with Gasteiger partial charge in [0.15, 0.2) is 6.29 Å². The molecule has 1 aromatic carbocycles. The number of hydrogen-bond acceptors (Lipinski definition) is 6. The van der Waals surface area contributed by atoms with Gasteiger partial charge in [-0.25, -0.2) is 4.98 Å². The molecule has 8 heteroatoms. The van der Waals surface area contributed by atoms with E-state index < -0.39 is 10.7 Å². The number of aldehydes is 1. The fourth-order valence-corrected chi connectivity index (χ4v) is 1.87. The highest BCUT2D eigenvalue weighted by atomic mass is 79.9. The monoisotopic (exact) mass is 309 g/mol. The third-order valence-corrected chi connectivity index (χ3v) is 2.76. The molecule has 0 saturated carbocycles. The summed E-state index contributed by atoms with van der Waals surface area (Å²) in [6.45, 7) is 0. The second kappa shape index (κ2) is 4.57. The molecule has 0 fully saturated rings. The van der Waals surface area contributed by atoms with Gasteiger partial charge in [0.1, 0.15) is 11.2 Å². The Bertz CT molecular complexity index is 686. The molecule has 0 saturated heterocycles. The molecule has 90 valence electrons. The summed E-state index contributed by atoms with van der Waals surface area (Å²) in [6, 6.07) is 2.49. The average Bonchev–Trinajstić information content (AvgIpc) is 2.37. The Labute approximate surface area is 108 Å². The molecule has 1 heterocycles. The number of halogens is 1. The number of benzene rings is 1. The number of hydrogen-bond donors (Lipinski definition) is 0. The lowest BCUT2D eigenvalue weighted by molar-refractivity contribution is -0.384. The maximum Gasteiger partial charge on any atom is 0.272 e. The summed E-state index contributed by atoms with van der Waals surface area (Å²) in [6.07, 6.45) is 1.24. The van der Waals surface area contributed by atoms with E-state index in [0.29, 0.717) is 4.47 Å².